The molecule has 0 fully saturated rings. The molecule has 2 aromatic rings. The average Bonchev–Trinajstić information content (AvgIpc) is 2.39. The van der Waals surface area contributed by atoms with Gasteiger partial charge in [0.05, 0.1) is 5.69 Å². The Labute approximate surface area is 114 Å². The molecule has 6 heteroatoms. The predicted molar refractivity (Wildman–Crippen MR) is 71.0 cm³/mol. The highest BCUT2D eigenvalue weighted by molar-refractivity contribution is 5.68. The van der Waals surface area contributed by atoms with Gasteiger partial charge in [-0.05, 0) is 32.9 Å². The average molecular weight is 281 g/mol. The fourth-order valence-corrected chi connectivity index (χ4v) is 1.94. The number of rotatable bonds is 3. The van der Waals surface area contributed by atoms with Gasteiger partial charge >= 0.3 is 0 Å². The van der Waals surface area contributed by atoms with Crippen LogP contribution in [0.15, 0.2) is 12.1 Å². The Morgan fingerprint density at radius 3 is 2.20 bits per heavy atom. The quantitative estimate of drug-likeness (QED) is 0.873. The van der Waals surface area contributed by atoms with E-state index in [-0.39, 0.29) is 5.56 Å². The molecule has 1 aromatic heterocycles. The van der Waals surface area contributed by atoms with Crippen molar-refractivity contribution in [2.75, 3.05) is 11.9 Å². The van der Waals surface area contributed by atoms with Crippen molar-refractivity contribution in [1.82, 2.24) is 9.97 Å². The topological polar surface area (TPSA) is 37.8 Å². The van der Waals surface area contributed by atoms with Crippen molar-refractivity contribution in [3.8, 4) is 11.3 Å². The molecule has 0 aliphatic carbocycles. The molecule has 1 aromatic carbocycles. The number of anilines is 1. The van der Waals surface area contributed by atoms with Gasteiger partial charge in [0.15, 0.2) is 17.5 Å². The number of hydrogen-bond donors (Lipinski definition) is 1. The first-order valence-electron chi connectivity index (χ1n) is 6.18. The molecule has 106 valence electrons. The van der Waals surface area contributed by atoms with E-state index in [1.54, 1.807) is 13.8 Å². The van der Waals surface area contributed by atoms with Gasteiger partial charge in [-0.25, -0.2) is 23.1 Å². The minimum atomic E-state index is -1.48. The lowest BCUT2D eigenvalue weighted by atomic mass is 10.1. The molecule has 0 bridgehead atoms. The summed E-state index contributed by atoms with van der Waals surface area (Å²) in [7, 11) is 0. The zero-order chi connectivity index (χ0) is 14.9. The van der Waals surface area contributed by atoms with E-state index in [1.807, 2.05) is 6.92 Å². The molecule has 0 spiro atoms. The number of nitrogens with zero attached hydrogens (tertiary/aromatic N) is 2. The Morgan fingerprint density at radius 2 is 1.65 bits per heavy atom. The van der Waals surface area contributed by atoms with E-state index in [1.165, 1.54) is 0 Å². The second-order valence-electron chi connectivity index (χ2n) is 4.38. The fourth-order valence-electron chi connectivity index (χ4n) is 1.94. The van der Waals surface area contributed by atoms with Crippen LogP contribution >= 0.6 is 0 Å². The van der Waals surface area contributed by atoms with Crippen LogP contribution in [0.2, 0.25) is 0 Å². The lowest BCUT2D eigenvalue weighted by Crippen LogP contribution is -2.06. The van der Waals surface area contributed by atoms with E-state index in [0.29, 0.717) is 29.4 Å². The first-order valence-corrected chi connectivity index (χ1v) is 6.18. The second kappa shape index (κ2) is 5.48. The Kier molecular flexibility index (Phi) is 3.92. The Bertz CT molecular complexity index is 633. The third-order valence-corrected chi connectivity index (χ3v) is 2.86. The van der Waals surface area contributed by atoms with Crippen molar-refractivity contribution in [3.63, 3.8) is 0 Å². The van der Waals surface area contributed by atoms with Gasteiger partial charge in [-0.2, -0.15) is 0 Å². The van der Waals surface area contributed by atoms with Crippen molar-refractivity contribution in [3.05, 3.63) is 41.0 Å². The van der Waals surface area contributed by atoms with Gasteiger partial charge in [-0.1, -0.05) is 0 Å². The minimum absolute atomic E-state index is 0.184. The summed E-state index contributed by atoms with van der Waals surface area (Å²) in [5.41, 5.74) is 1.22. The highest BCUT2D eigenvalue weighted by Gasteiger charge is 2.16. The zero-order valence-electron chi connectivity index (χ0n) is 11.4. The molecule has 0 saturated carbocycles. The molecule has 0 aliphatic heterocycles. The molecule has 3 nitrogen and oxygen atoms in total. The monoisotopic (exact) mass is 281 g/mol. The van der Waals surface area contributed by atoms with Crippen LogP contribution in [-0.4, -0.2) is 16.5 Å². The van der Waals surface area contributed by atoms with Crippen molar-refractivity contribution in [2.24, 2.45) is 0 Å². The SMILES string of the molecule is CCNc1nc(C)nc(-c2cc(F)c(F)c(F)c2)c1C. The second-order valence-corrected chi connectivity index (χ2v) is 4.38. The normalized spacial score (nSPS) is 10.7. The molecule has 0 unspecified atom stereocenters. The molecule has 1 heterocycles. The van der Waals surface area contributed by atoms with Crippen LogP contribution in [0.25, 0.3) is 11.3 Å². The van der Waals surface area contributed by atoms with Gasteiger partial charge in [-0.3, -0.25) is 0 Å². The summed E-state index contributed by atoms with van der Waals surface area (Å²) in [5.74, 6) is -2.89. The fraction of sp³-hybridized carbons (Fsp3) is 0.286. The minimum Gasteiger partial charge on any atom is -0.370 e. The van der Waals surface area contributed by atoms with Crippen LogP contribution in [-0.2, 0) is 0 Å². The first kappa shape index (κ1) is 14.3. The number of aryl methyl sites for hydroxylation is 1. The Morgan fingerprint density at radius 1 is 1.05 bits per heavy atom. The number of aromatic nitrogens is 2. The van der Waals surface area contributed by atoms with Crippen molar-refractivity contribution in [2.45, 2.75) is 20.8 Å². The van der Waals surface area contributed by atoms with Gasteiger partial charge < -0.3 is 5.32 Å². The standard InChI is InChI=1S/C14H14F3N3/c1-4-18-14-7(2)13(19-8(3)20-14)9-5-10(15)12(17)11(16)6-9/h5-6H,4H2,1-3H3,(H,18,19,20). The van der Waals surface area contributed by atoms with Gasteiger partial charge in [0, 0.05) is 17.7 Å². The van der Waals surface area contributed by atoms with E-state index >= 15 is 0 Å². The maximum absolute atomic E-state index is 13.3. The third-order valence-electron chi connectivity index (χ3n) is 2.86. The first-order chi connectivity index (χ1) is 9.43. The Hall–Kier alpha value is -2.11. The lowest BCUT2D eigenvalue weighted by molar-refractivity contribution is 0.447. The van der Waals surface area contributed by atoms with Gasteiger partial charge in [0.25, 0.3) is 0 Å². The van der Waals surface area contributed by atoms with E-state index in [4.69, 9.17) is 0 Å². The maximum Gasteiger partial charge on any atom is 0.194 e. The Balaban J connectivity index is 2.63. The molecular formula is C14H14F3N3. The highest BCUT2D eigenvalue weighted by Crippen LogP contribution is 2.28. The third kappa shape index (κ3) is 2.59. The van der Waals surface area contributed by atoms with Crippen molar-refractivity contribution in [1.29, 1.82) is 0 Å². The summed E-state index contributed by atoms with van der Waals surface area (Å²) in [4.78, 5) is 8.42. The van der Waals surface area contributed by atoms with E-state index in [0.717, 1.165) is 12.1 Å². The van der Waals surface area contributed by atoms with Gasteiger partial charge in [-0.15, -0.1) is 0 Å². The molecule has 0 aliphatic rings. The summed E-state index contributed by atoms with van der Waals surface area (Å²) in [6.07, 6.45) is 0. The molecule has 1 N–H and O–H groups in total. The van der Waals surface area contributed by atoms with Crippen LogP contribution < -0.4 is 5.32 Å². The molecule has 2 rings (SSSR count). The van der Waals surface area contributed by atoms with Crippen LogP contribution in [0.1, 0.15) is 18.3 Å². The number of benzene rings is 1. The summed E-state index contributed by atoms with van der Waals surface area (Å²) in [6, 6.07) is 1.87. The number of nitrogens with one attached hydrogen (secondary N) is 1. The van der Waals surface area contributed by atoms with E-state index < -0.39 is 17.5 Å². The largest absolute Gasteiger partial charge is 0.370 e. The molecular weight excluding hydrogens is 267 g/mol. The molecule has 0 saturated heterocycles. The molecule has 0 atom stereocenters. The van der Waals surface area contributed by atoms with Crippen LogP contribution in [0.3, 0.4) is 0 Å². The lowest BCUT2D eigenvalue weighted by Gasteiger charge is -2.12. The van der Waals surface area contributed by atoms with Crippen LogP contribution in [0.5, 0.6) is 0 Å². The molecule has 20 heavy (non-hydrogen) atoms. The highest BCUT2D eigenvalue weighted by atomic mass is 19.2. The summed E-state index contributed by atoms with van der Waals surface area (Å²) < 4.78 is 39.7. The predicted octanol–water partition coefficient (Wildman–Crippen LogP) is 3.61. The summed E-state index contributed by atoms with van der Waals surface area (Å²) in [6.45, 7) is 5.99. The molecule has 0 amide bonds. The number of halogens is 3. The summed E-state index contributed by atoms with van der Waals surface area (Å²) in [5, 5.41) is 3.05. The van der Waals surface area contributed by atoms with Crippen molar-refractivity contribution < 1.29 is 13.2 Å². The maximum atomic E-state index is 13.3. The van der Waals surface area contributed by atoms with Crippen LogP contribution in [0, 0.1) is 31.3 Å². The molecule has 0 radical (unpaired) electrons. The van der Waals surface area contributed by atoms with E-state index in [9.17, 15) is 13.2 Å². The zero-order valence-corrected chi connectivity index (χ0v) is 11.4. The van der Waals surface area contributed by atoms with Gasteiger partial charge in [0.1, 0.15) is 11.6 Å². The van der Waals surface area contributed by atoms with Crippen molar-refractivity contribution >= 4 is 5.82 Å². The summed E-state index contributed by atoms with van der Waals surface area (Å²) >= 11 is 0. The number of hydrogen-bond acceptors (Lipinski definition) is 3. The van der Waals surface area contributed by atoms with Crippen LogP contribution in [0.4, 0.5) is 19.0 Å². The van der Waals surface area contributed by atoms with Gasteiger partial charge in [0.2, 0.25) is 0 Å². The van der Waals surface area contributed by atoms with E-state index in [2.05, 4.69) is 15.3 Å². The smallest absolute Gasteiger partial charge is 0.194 e.